The zero-order chi connectivity index (χ0) is 15.1. The Morgan fingerprint density at radius 2 is 1.85 bits per heavy atom. The van der Waals surface area contributed by atoms with Gasteiger partial charge in [0.1, 0.15) is 17.1 Å². The first-order valence-electron chi connectivity index (χ1n) is 6.67. The van der Waals surface area contributed by atoms with Gasteiger partial charge in [0.25, 0.3) is 0 Å². The molecule has 0 bridgehead atoms. The number of methoxy groups -OCH3 is 1. The van der Waals surface area contributed by atoms with Crippen LogP contribution in [0.4, 0.5) is 5.69 Å². The van der Waals surface area contributed by atoms with Crippen molar-refractivity contribution >= 4 is 5.69 Å². The molecule has 0 aliphatic carbocycles. The third kappa shape index (κ3) is 2.38. The van der Waals surface area contributed by atoms with Crippen LogP contribution in [0.1, 0.15) is 37.6 Å². The highest BCUT2D eigenvalue weighted by Crippen LogP contribution is 2.42. The van der Waals surface area contributed by atoms with Gasteiger partial charge in [0.2, 0.25) is 0 Å². The molecule has 4 nitrogen and oxygen atoms in total. The van der Waals surface area contributed by atoms with Crippen LogP contribution in [0.3, 0.4) is 0 Å². The fourth-order valence-corrected chi connectivity index (χ4v) is 2.29. The van der Waals surface area contributed by atoms with Gasteiger partial charge < -0.3 is 15.0 Å². The lowest BCUT2D eigenvalue weighted by Crippen LogP contribution is -2.14. The first-order valence-corrected chi connectivity index (χ1v) is 6.67. The first-order chi connectivity index (χ1) is 9.25. The number of rotatable bonds is 2. The van der Waals surface area contributed by atoms with Crippen molar-refractivity contribution in [3.05, 3.63) is 29.0 Å². The van der Waals surface area contributed by atoms with Gasteiger partial charge >= 0.3 is 0 Å². The summed E-state index contributed by atoms with van der Waals surface area (Å²) in [5, 5.41) is 3.93. The molecule has 0 spiro atoms. The summed E-state index contributed by atoms with van der Waals surface area (Å²) in [6.45, 7) is 10.3. The van der Waals surface area contributed by atoms with E-state index < -0.39 is 0 Å². The quantitative estimate of drug-likeness (QED) is 0.903. The number of aromatic nitrogens is 1. The van der Waals surface area contributed by atoms with Crippen LogP contribution >= 0.6 is 0 Å². The summed E-state index contributed by atoms with van der Waals surface area (Å²) in [5.74, 6) is 1.37. The average molecular weight is 274 g/mol. The summed E-state index contributed by atoms with van der Waals surface area (Å²) in [6, 6.07) is 4.16. The number of hydrogen-bond donors (Lipinski definition) is 1. The van der Waals surface area contributed by atoms with Crippen molar-refractivity contribution in [3.8, 4) is 17.1 Å². The monoisotopic (exact) mass is 274 g/mol. The molecule has 2 aromatic rings. The second kappa shape index (κ2) is 4.85. The zero-order valence-corrected chi connectivity index (χ0v) is 13.0. The fraction of sp³-hybridized carbons (Fsp3) is 0.438. The summed E-state index contributed by atoms with van der Waals surface area (Å²) in [7, 11) is 1.67. The summed E-state index contributed by atoms with van der Waals surface area (Å²) < 4.78 is 11.0. The molecule has 1 heterocycles. The molecule has 0 radical (unpaired) electrons. The van der Waals surface area contributed by atoms with Crippen LogP contribution in [0.5, 0.6) is 5.75 Å². The van der Waals surface area contributed by atoms with Crippen LogP contribution in [0, 0.1) is 13.8 Å². The molecule has 0 unspecified atom stereocenters. The number of hydrogen-bond acceptors (Lipinski definition) is 4. The normalized spacial score (nSPS) is 11.7. The third-order valence-electron chi connectivity index (χ3n) is 3.40. The van der Waals surface area contributed by atoms with E-state index in [2.05, 4.69) is 38.9 Å². The van der Waals surface area contributed by atoms with Gasteiger partial charge in [-0.25, -0.2) is 0 Å². The van der Waals surface area contributed by atoms with Gasteiger partial charge in [0.05, 0.1) is 12.7 Å². The molecule has 0 saturated carbocycles. The maximum atomic E-state index is 6.06. The Kier molecular flexibility index (Phi) is 3.50. The molecule has 0 aliphatic rings. The van der Waals surface area contributed by atoms with E-state index in [-0.39, 0.29) is 5.41 Å². The van der Waals surface area contributed by atoms with Crippen molar-refractivity contribution in [1.29, 1.82) is 0 Å². The van der Waals surface area contributed by atoms with Crippen LogP contribution in [-0.2, 0) is 5.41 Å². The highest BCUT2D eigenvalue weighted by molar-refractivity contribution is 5.79. The summed E-state index contributed by atoms with van der Waals surface area (Å²) >= 11 is 0. The van der Waals surface area contributed by atoms with Crippen LogP contribution in [0.2, 0.25) is 0 Å². The molecule has 20 heavy (non-hydrogen) atoms. The Morgan fingerprint density at radius 1 is 1.20 bits per heavy atom. The van der Waals surface area contributed by atoms with Crippen molar-refractivity contribution in [2.75, 3.05) is 12.8 Å². The van der Waals surface area contributed by atoms with Gasteiger partial charge in [-0.2, -0.15) is 0 Å². The van der Waals surface area contributed by atoms with Crippen molar-refractivity contribution < 1.29 is 9.26 Å². The molecule has 0 fully saturated rings. The number of ether oxygens (including phenoxy) is 1. The topological polar surface area (TPSA) is 61.3 Å². The lowest BCUT2D eigenvalue weighted by atomic mass is 9.83. The van der Waals surface area contributed by atoms with Crippen LogP contribution in [0.15, 0.2) is 16.7 Å². The van der Waals surface area contributed by atoms with Gasteiger partial charge in [-0.15, -0.1) is 0 Å². The molecule has 0 aliphatic heterocycles. The van der Waals surface area contributed by atoms with E-state index in [1.807, 2.05) is 13.0 Å². The maximum absolute atomic E-state index is 6.06. The SMILES string of the molecule is COc1c(-c2onc(C)c2N)cc(C)cc1C(C)(C)C. The fourth-order valence-electron chi connectivity index (χ4n) is 2.29. The van der Waals surface area contributed by atoms with Crippen LogP contribution < -0.4 is 10.5 Å². The highest BCUT2D eigenvalue weighted by atomic mass is 16.5. The zero-order valence-electron chi connectivity index (χ0n) is 13.0. The molecular weight excluding hydrogens is 252 g/mol. The van der Waals surface area contributed by atoms with Crippen molar-refractivity contribution in [1.82, 2.24) is 5.16 Å². The van der Waals surface area contributed by atoms with Crippen LogP contribution in [0.25, 0.3) is 11.3 Å². The van der Waals surface area contributed by atoms with Crippen LogP contribution in [-0.4, -0.2) is 12.3 Å². The summed E-state index contributed by atoms with van der Waals surface area (Å²) in [4.78, 5) is 0. The standard InChI is InChI=1S/C16H22N2O2/c1-9-7-11(15-13(17)10(2)18-20-15)14(19-6)12(8-9)16(3,4)5/h7-8H,17H2,1-6H3. The molecule has 1 aromatic carbocycles. The number of benzene rings is 1. The second-order valence-electron chi connectivity index (χ2n) is 6.15. The smallest absolute Gasteiger partial charge is 0.193 e. The molecule has 4 heteroatoms. The minimum Gasteiger partial charge on any atom is -0.496 e. The Morgan fingerprint density at radius 3 is 2.30 bits per heavy atom. The molecule has 0 atom stereocenters. The van der Waals surface area contributed by atoms with E-state index in [1.54, 1.807) is 7.11 Å². The number of nitrogen functional groups attached to an aromatic ring is 1. The van der Waals surface area contributed by atoms with E-state index in [1.165, 1.54) is 0 Å². The van der Waals surface area contributed by atoms with Gasteiger partial charge in [-0.1, -0.05) is 32.0 Å². The Hall–Kier alpha value is -1.97. The van der Waals surface area contributed by atoms with Crippen molar-refractivity contribution in [2.45, 2.75) is 40.0 Å². The van der Waals surface area contributed by atoms with Gasteiger partial charge in [0, 0.05) is 5.56 Å². The Labute approximate surface area is 119 Å². The maximum Gasteiger partial charge on any atom is 0.193 e. The van der Waals surface area contributed by atoms with E-state index >= 15 is 0 Å². The average Bonchev–Trinajstić information content (AvgIpc) is 2.68. The highest BCUT2D eigenvalue weighted by Gasteiger charge is 2.25. The molecular formula is C16H22N2O2. The summed E-state index contributed by atoms with van der Waals surface area (Å²) in [5.41, 5.74) is 10.4. The van der Waals surface area contributed by atoms with E-state index in [0.29, 0.717) is 17.1 Å². The molecule has 2 N–H and O–H groups in total. The van der Waals surface area contributed by atoms with Crippen molar-refractivity contribution in [2.24, 2.45) is 0 Å². The van der Waals surface area contributed by atoms with E-state index in [0.717, 1.165) is 22.4 Å². The number of anilines is 1. The van der Waals surface area contributed by atoms with E-state index in [9.17, 15) is 0 Å². The van der Waals surface area contributed by atoms with E-state index in [4.69, 9.17) is 15.0 Å². The lowest BCUT2D eigenvalue weighted by Gasteiger charge is -2.24. The lowest BCUT2D eigenvalue weighted by molar-refractivity contribution is 0.391. The third-order valence-corrected chi connectivity index (χ3v) is 3.40. The predicted molar refractivity (Wildman–Crippen MR) is 81.1 cm³/mol. The van der Waals surface area contributed by atoms with Crippen molar-refractivity contribution in [3.63, 3.8) is 0 Å². The first kappa shape index (κ1) is 14.4. The second-order valence-corrected chi connectivity index (χ2v) is 6.15. The van der Waals surface area contributed by atoms with Gasteiger partial charge in [-0.3, -0.25) is 0 Å². The molecule has 108 valence electrons. The number of nitrogens with two attached hydrogens (primary N) is 1. The Bertz CT molecular complexity index is 637. The Balaban J connectivity index is 2.76. The number of nitrogens with zero attached hydrogens (tertiary/aromatic N) is 1. The molecule has 1 aromatic heterocycles. The van der Waals surface area contributed by atoms with Gasteiger partial charge in [0.15, 0.2) is 5.76 Å². The van der Waals surface area contributed by atoms with Gasteiger partial charge in [-0.05, 0) is 30.9 Å². The number of aryl methyl sites for hydroxylation is 2. The molecule has 2 rings (SSSR count). The predicted octanol–water partition coefficient (Wildman–Crippen LogP) is 3.85. The molecule has 0 amide bonds. The summed E-state index contributed by atoms with van der Waals surface area (Å²) in [6.07, 6.45) is 0. The minimum atomic E-state index is -0.0318. The minimum absolute atomic E-state index is 0.0318. The largest absolute Gasteiger partial charge is 0.496 e. The molecule has 0 saturated heterocycles.